The highest BCUT2D eigenvalue weighted by Gasteiger charge is 2.13. The van der Waals surface area contributed by atoms with Gasteiger partial charge in [0, 0.05) is 13.0 Å². The van der Waals surface area contributed by atoms with E-state index >= 15 is 0 Å². The van der Waals surface area contributed by atoms with Gasteiger partial charge in [-0.2, -0.15) is 0 Å². The molecule has 0 spiro atoms. The number of ketones is 1. The fourth-order valence-electron chi connectivity index (χ4n) is 1.88. The molecule has 0 bridgehead atoms. The molecule has 1 unspecified atom stereocenters. The van der Waals surface area contributed by atoms with Crippen molar-refractivity contribution < 1.29 is 23.8 Å². The average Bonchev–Trinajstić information content (AvgIpc) is 2.49. The Hall–Kier alpha value is -1.20. The molecule has 0 aromatic heterocycles. The summed E-state index contributed by atoms with van der Waals surface area (Å²) in [6.07, 6.45) is 8.56. The van der Waals surface area contributed by atoms with E-state index in [1.165, 1.54) is 19.6 Å². The first-order valence-electron chi connectivity index (χ1n) is 7.21. The zero-order valence-electron chi connectivity index (χ0n) is 12.1. The SMILES string of the molecule is COC(=O)CCC(=O)C=CCCCOC1CCCCO1. The summed E-state index contributed by atoms with van der Waals surface area (Å²) in [7, 11) is 1.32. The maximum atomic E-state index is 11.4. The molecule has 1 aliphatic rings. The van der Waals surface area contributed by atoms with E-state index < -0.39 is 0 Å². The van der Waals surface area contributed by atoms with Crippen molar-refractivity contribution >= 4 is 11.8 Å². The molecular formula is C15H24O5. The van der Waals surface area contributed by atoms with Gasteiger partial charge < -0.3 is 14.2 Å². The Morgan fingerprint density at radius 2 is 2.15 bits per heavy atom. The quantitative estimate of drug-likeness (QED) is 0.369. The molecule has 1 heterocycles. The van der Waals surface area contributed by atoms with Crippen LogP contribution in [0.5, 0.6) is 0 Å². The molecule has 1 fully saturated rings. The lowest BCUT2D eigenvalue weighted by Gasteiger charge is -2.22. The lowest BCUT2D eigenvalue weighted by Crippen LogP contribution is -2.22. The third-order valence-corrected chi connectivity index (χ3v) is 3.06. The lowest BCUT2D eigenvalue weighted by molar-refractivity contribution is -0.162. The van der Waals surface area contributed by atoms with E-state index in [4.69, 9.17) is 9.47 Å². The lowest BCUT2D eigenvalue weighted by atomic mass is 10.2. The molecule has 0 aromatic carbocycles. The van der Waals surface area contributed by atoms with Gasteiger partial charge in [0.1, 0.15) is 0 Å². The summed E-state index contributed by atoms with van der Waals surface area (Å²) in [5.74, 6) is -0.403. The monoisotopic (exact) mass is 284 g/mol. The molecular weight excluding hydrogens is 260 g/mol. The summed E-state index contributed by atoms with van der Waals surface area (Å²) in [6.45, 7) is 1.44. The molecule has 1 atom stereocenters. The third-order valence-electron chi connectivity index (χ3n) is 3.06. The van der Waals surface area contributed by atoms with Gasteiger partial charge in [-0.25, -0.2) is 0 Å². The van der Waals surface area contributed by atoms with Gasteiger partial charge in [-0.1, -0.05) is 6.08 Å². The molecule has 0 N–H and O–H groups in total. The van der Waals surface area contributed by atoms with E-state index in [1.807, 2.05) is 6.08 Å². The van der Waals surface area contributed by atoms with Crippen LogP contribution in [0.2, 0.25) is 0 Å². The Labute approximate surface area is 120 Å². The third kappa shape index (κ3) is 8.07. The number of methoxy groups -OCH3 is 1. The Bertz CT molecular complexity index is 318. The first-order valence-corrected chi connectivity index (χ1v) is 7.21. The second-order valence-corrected chi connectivity index (χ2v) is 4.75. The molecule has 0 aromatic rings. The van der Waals surface area contributed by atoms with E-state index in [9.17, 15) is 9.59 Å². The molecule has 1 aliphatic heterocycles. The maximum absolute atomic E-state index is 11.4. The minimum Gasteiger partial charge on any atom is -0.469 e. The van der Waals surface area contributed by atoms with Crippen molar-refractivity contribution in [3.63, 3.8) is 0 Å². The van der Waals surface area contributed by atoms with Crippen LogP contribution in [-0.2, 0) is 23.8 Å². The van der Waals surface area contributed by atoms with Crippen molar-refractivity contribution in [3.05, 3.63) is 12.2 Å². The van der Waals surface area contributed by atoms with Gasteiger partial charge in [-0.3, -0.25) is 9.59 Å². The second-order valence-electron chi connectivity index (χ2n) is 4.75. The Morgan fingerprint density at radius 1 is 1.30 bits per heavy atom. The van der Waals surface area contributed by atoms with Gasteiger partial charge in [0.2, 0.25) is 0 Å². The predicted molar refractivity (Wildman–Crippen MR) is 74.2 cm³/mol. The summed E-state index contributed by atoms with van der Waals surface area (Å²) in [5.41, 5.74) is 0. The number of hydrogen-bond acceptors (Lipinski definition) is 5. The van der Waals surface area contributed by atoms with Crippen LogP contribution in [0.1, 0.15) is 44.9 Å². The van der Waals surface area contributed by atoms with Crippen molar-refractivity contribution in [1.82, 2.24) is 0 Å². The number of hydrogen-bond donors (Lipinski definition) is 0. The van der Waals surface area contributed by atoms with Crippen molar-refractivity contribution in [1.29, 1.82) is 0 Å². The first-order chi connectivity index (χ1) is 9.72. The highest BCUT2D eigenvalue weighted by molar-refractivity contribution is 5.91. The van der Waals surface area contributed by atoms with E-state index in [1.54, 1.807) is 0 Å². The molecule has 5 heteroatoms. The minimum atomic E-state index is -0.354. The standard InChI is InChI=1S/C15H24O5/c1-18-14(17)10-9-13(16)7-3-2-5-11-19-15-8-4-6-12-20-15/h3,7,15H,2,4-6,8-12H2,1H3. The van der Waals surface area contributed by atoms with Crippen molar-refractivity contribution in [2.24, 2.45) is 0 Å². The fraction of sp³-hybridized carbons (Fsp3) is 0.733. The van der Waals surface area contributed by atoms with Crippen molar-refractivity contribution in [2.45, 2.75) is 51.2 Å². The van der Waals surface area contributed by atoms with E-state index in [2.05, 4.69) is 4.74 Å². The van der Waals surface area contributed by atoms with Gasteiger partial charge in [-0.05, 0) is 38.2 Å². The summed E-state index contributed by atoms with van der Waals surface area (Å²) in [5, 5.41) is 0. The van der Waals surface area contributed by atoms with E-state index in [0.717, 1.165) is 32.3 Å². The van der Waals surface area contributed by atoms with Crippen LogP contribution in [0.4, 0.5) is 0 Å². The number of carbonyl (C=O) groups excluding carboxylic acids is 2. The predicted octanol–water partition coefficient (Wildman–Crippen LogP) is 2.39. The molecule has 114 valence electrons. The smallest absolute Gasteiger partial charge is 0.305 e. The highest BCUT2D eigenvalue weighted by Crippen LogP contribution is 2.13. The molecule has 1 saturated heterocycles. The summed E-state index contributed by atoms with van der Waals surface area (Å²) in [6, 6.07) is 0. The highest BCUT2D eigenvalue weighted by atomic mass is 16.7. The number of rotatable bonds is 9. The summed E-state index contributed by atoms with van der Waals surface area (Å²) < 4.78 is 15.5. The van der Waals surface area contributed by atoms with Crippen LogP contribution in [0.3, 0.4) is 0 Å². The zero-order chi connectivity index (χ0) is 14.6. The van der Waals surface area contributed by atoms with Crippen LogP contribution in [0, 0.1) is 0 Å². The fourth-order valence-corrected chi connectivity index (χ4v) is 1.88. The molecule has 20 heavy (non-hydrogen) atoms. The van der Waals surface area contributed by atoms with Gasteiger partial charge in [-0.15, -0.1) is 0 Å². The number of unbranched alkanes of at least 4 members (excludes halogenated alkanes) is 1. The molecule has 0 aliphatic carbocycles. The van der Waals surface area contributed by atoms with E-state index in [0.29, 0.717) is 6.61 Å². The molecule has 0 amide bonds. The molecule has 0 radical (unpaired) electrons. The first kappa shape index (κ1) is 16.9. The van der Waals surface area contributed by atoms with Crippen molar-refractivity contribution in [2.75, 3.05) is 20.3 Å². The van der Waals surface area contributed by atoms with Crippen LogP contribution in [-0.4, -0.2) is 38.4 Å². The topological polar surface area (TPSA) is 61.8 Å². The maximum Gasteiger partial charge on any atom is 0.305 e. The number of esters is 1. The van der Waals surface area contributed by atoms with E-state index in [-0.39, 0.29) is 30.9 Å². The van der Waals surface area contributed by atoms with Gasteiger partial charge in [0.25, 0.3) is 0 Å². The second kappa shape index (κ2) is 10.6. The molecule has 1 rings (SSSR count). The van der Waals surface area contributed by atoms with Crippen LogP contribution in [0.15, 0.2) is 12.2 Å². The van der Waals surface area contributed by atoms with Crippen LogP contribution in [0.25, 0.3) is 0 Å². The average molecular weight is 284 g/mol. The Balaban J connectivity index is 1.98. The number of carbonyl (C=O) groups is 2. The Morgan fingerprint density at radius 3 is 2.85 bits per heavy atom. The van der Waals surface area contributed by atoms with Crippen molar-refractivity contribution in [3.8, 4) is 0 Å². The summed E-state index contributed by atoms with van der Waals surface area (Å²) >= 11 is 0. The largest absolute Gasteiger partial charge is 0.469 e. The minimum absolute atomic E-state index is 0.0468. The summed E-state index contributed by atoms with van der Waals surface area (Å²) in [4.78, 5) is 22.3. The zero-order valence-corrected chi connectivity index (χ0v) is 12.1. The molecule has 0 saturated carbocycles. The van der Waals surface area contributed by atoms with Crippen LogP contribution >= 0.6 is 0 Å². The number of ether oxygens (including phenoxy) is 3. The van der Waals surface area contributed by atoms with Gasteiger partial charge >= 0.3 is 5.97 Å². The molecule has 5 nitrogen and oxygen atoms in total. The van der Waals surface area contributed by atoms with Gasteiger partial charge in [0.05, 0.1) is 20.1 Å². The van der Waals surface area contributed by atoms with Gasteiger partial charge in [0.15, 0.2) is 12.1 Å². The normalized spacial score (nSPS) is 19.1. The Kier molecular flexibility index (Phi) is 8.91. The number of allylic oxidation sites excluding steroid dienone is 2. The van der Waals surface area contributed by atoms with Crippen LogP contribution < -0.4 is 0 Å².